The van der Waals surface area contributed by atoms with Crippen molar-refractivity contribution in [2.24, 2.45) is 0 Å². The van der Waals surface area contributed by atoms with Gasteiger partial charge in [-0.25, -0.2) is 9.37 Å². The SMILES string of the molecule is Cc1nc(Cl)cc2nnc(-c3cc(F)cc(Br)c3)n12. The first kappa shape index (κ1) is 12.5. The van der Waals surface area contributed by atoms with E-state index in [9.17, 15) is 4.39 Å². The second-order valence-corrected chi connectivity index (χ2v) is 5.30. The average molecular weight is 342 g/mol. The Labute approximate surface area is 121 Å². The van der Waals surface area contributed by atoms with E-state index in [2.05, 4.69) is 31.1 Å². The second-order valence-electron chi connectivity index (χ2n) is 4.00. The second kappa shape index (κ2) is 4.54. The summed E-state index contributed by atoms with van der Waals surface area (Å²) < 4.78 is 15.8. The molecule has 3 aromatic rings. The summed E-state index contributed by atoms with van der Waals surface area (Å²) in [6.07, 6.45) is 0. The third-order valence-electron chi connectivity index (χ3n) is 2.65. The fraction of sp³-hybridized carbons (Fsp3) is 0.0833. The van der Waals surface area contributed by atoms with Crippen LogP contribution in [0.4, 0.5) is 4.39 Å². The molecule has 19 heavy (non-hydrogen) atoms. The highest BCUT2D eigenvalue weighted by atomic mass is 79.9. The van der Waals surface area contributed by atoms with Gasteiger partial charge in [0.15, 0.2) is 11.5 Å². The molecule has 0 fully saturated rings. The van der Waals surface area contributed by atoms with Crippen molar-refractivity contribution < 1.29 is 4.39 Å². The van der Waals surface area contributed by atoms with Crippen LogP contribution in [0.1, 0.15) is 5.82 Å². The molecule has 0 atom stereocenters. The normalized spacial score (nSPS) is 11.2. The maximum Gasteiger partial charge on any atom is 0.169 e. The number of benzene rings is 1. The summed E-state index contributed by atoms with van der Waals surface area (Å²) in [6.45, 7) is 1.79. The molecular formula is C12H7BrClFN4. The van der Waals surface area contributed by atoms with Crippen molar-refractivity contribution in [1.82, 2.24) is 19.6 Å². The minimum Gasteiger partial charge on any atom is -0.263 e. The van der Waals surface area contributed by atoms with E-state index in [4.69, 9.17) is 11.6 Å². The summed E-state index contributed by atoms with van der Waals surface area (Å²) in [4.78, 5) is 4.15. The predicted molar refractivity (Wildman–Crippen MR) is 73.6 cm³/mol. The fourth-order valence-electron chi connectivity index (χ4n) is 1.92. The van der Waals surface area contributed by atoms with Crippen molar-refractivity contribution in [1.29, 1.82) is 0 Å². The van der Waals surface area contributed by atoms with Crippen LogP contribution in [0.3, 0.4) is 0 Å². The number of halogens is 3. The van der Waals surface area contributed by atoms with Gasteiger partial charge in [0, 0.05) is 16.1 Å². The van der Waals surface area contributed by atoms with Gasteiger partial charge < -0.3 is 0 Å². The molecule has 0 unspecified atom stereocenters. The lowest BCUT2D eigenvalue weighted by atomic mass is 10.2. The van der Waals surface area contributed by atoms with Crippen LogP contribution in [0.25, 0.3) is 17.0 Å². The fourth-order valence-corrected chi connectivity index (χ4v) is 2.61. The van der Waals surface area contributed by atoms with E-state index in [1.807, 2.05) is 0 Å². The van der Waals surface area contributed by atoms with Crippen molar-refractivity contribution in [2.45, 2.75) is 6.92 Å². The van der Waals surface area contributed by atoms with Gasteiger partial charge in [0.2, 0.25) is 0 Å². The molecule has 0 aliphatic rings. The Morgan fingerprint density at radius 3 is 2.74 bits per heavy atom. The standard InChI is InChI=1S/C12H7BrClFN4/c1-6-16-10(14)5-11-17-18-12(19(6)11)7-2-8(13)4-9(15)3-7/h2-5H,1H3. The molecule has 0 aliphatic carbocycles. The zero-order valence-corrected chi connectivity index (χ0v) is 12.1. The number of hydrogen-bond donors (Lipinski definition) is 0. The van der Waals surface area contributed by atoms with Gasteiger partial charge in [0.1, 0.15) is 16.8 Å². The zero-order valence-electron chi connectivity index (χ0n) is 9.73. The van der Waals surface area contributed by atoms with E-state index in [1.54, 1.807) is 23.5 Å². The van der Waals surface area contributed by atoms with E-state index in [0.717, 1.165) is 0 Å². The maximum atomic E-state index is 13.5. The van der Waals surface area contributed by atoms with E-state index in [1.165, 1.54) is 12.1 Å². The first-order valence-corrected chi connectivity index (χ1v) is 6.56. The summed E-state index contributed by atoms with van der Waals surface area (Å²) in [5, 5.41) is 8.45. The van der Waals surface area contributed by atoms with E-state index < -0.39 is 0 Å². The van der Waals surface area contributed by atoms with E-state index in [-0.39, 0.29) is 5.82 Å². The topological polar surface area (TPSA) is 43.1 Å². The number of aryl methyl sites for hydroxylation is 1. The molecule has 7 heteroatoms. The van der Waals surface area contributed by atoms with Crippen molar-refractivity contribution >= 4 is 33.2 Å². The molecular weight excluding hydrogens is 335 g/mol. The largest absolute Gasteiger partial charge is 0.263 e. The summed E-state index contributed by atoms with van der Waals surface area (Å²) in [6, 6.07) is 6.16. The monoisotopic (exact) mass is 340 g/mol. The van der Waals surface area contributed by atoms with Gasteiger partial charge in [-0.05, 0) is 25.1 Å². The first-order valence-electron chi connectivity index (χ1n) is 5.39. The van der Waals surface area contributed by atoms with Gasteiger partial charge in [-0.1, -0.05) is 27.5 Å². The Hall–Kier alpha value is -1.53. The quantitative estimate of drug-likeness (QED) is 0.635. The molecule has 0 saturated heterocycles. The van der Waals surface area contributed by atoms with E-state index in [0.29, 0.717) is 32.5 Å². The number of nitrogens with zero attached hydrogens (tertiary/aromatic N) is 4. The molecule has 0 N–H and O–H groups in total. The molecule has 0 bridgehead atoms. The van der Waals surface area contributed by atoms with Crippen molar-refractivity contribution in [3.05, 3.63) is 45.5 Å². The number of hydrogen-bond acceptors (Lipinski definition) is 3. The molecule has 2 heterocycles. The highest BCUT2D eigenvalue weighted by Crippen LogP contribution is 2.25. The molecule has 1 aromatic carbocycles. The van der Waals surface area contributed by atoms with Crippen LogP contribution in [0.5, 0.6) is 0 Å². The Morgan fingerprint density at radius 2 is 2.00 bits per heavy atom. The highest BCUT2D eigenvalue weighted by molar-refractivity contribution is 9.10. The molecule has 2 aromatic heterocycles. The summed E-state index contributed by atoms with van der Waals surface area (Å²) in [5.41, 5.74) is 1.19. The lowest BCUT2D eigenvalue weighted by molar-refractivity contribution is 0.627. The third kappa shape index (κ3) is 2.21. The Bertz CT molecular complexity index is 766. The van der Waals surface area contributed by atoms with Gasteiger partial charge in [-0.15, -0.1) is 10.2 Å². The molecule has 96 valence electrons. The van der Waals surface area contributed by atoms with Gasteiger partial charge in [-0.3, -0.25) is 4.40 Å². The number of fused-ring (bicyclic) bond motifs is 1. The van der Waals surface area contributed by atoms with Gasteiger partial charge in [-0.2, -0.15) is 0 Å². The Morgan fingerprint density at radius 1 is 1.21 bits per heavy atom. The van der Waals surface area contributed by atoms with Gasteiger partial charge in [0.25, 0.3) is 0 Å². The molecule has 0 aliphatic heterocycles. The Kier molecular flexibility index (Phi) is 2.99. The number of rotatable bonds is 1. The maximum absolute atomic E-state index is 13.5. The predicted octanol–water partition coefficient (Wildman–Crippen LogP) is 3.65. The van der Waals surface area contributed by atoms with Crippen LogP contribution in [0.15, 0.2) is 28.7 Å². The van der Waals surface area contributed by atoms with Crippen LogP contribution < -0.4 is 0 Å². The van der Waals surface area contributed by atoms with Crippen LogP contribution in [-0.4, -0.2) is 19.6 Å². The molecule has 3 rings (SSSR count). The van der Waals surface area contributed by atoms with Crippen LogP contribution in [0.2, 0.25) is 5.15 Å². The highest BCUT2D eigenvalue weighted by Gasteiger charge is 2.13. The smallest absolute Gasteiger partial charge is 0.169 e. The molecule has 0 saturated carbocycles. The lowest BCUT2D eigenvalue weighted by Crippen LogP contribution is -1.98. The van der Waals surface area contributed by atoms with E-state index >= 15 is 0 Å². The summed E-state index contributed by atoms with van der Waals surface area (Å²) >= 11 is 9.13. The van der Waals surface area contributed by atoms with Crippen molar-refractivity contribution in [3.8, 4) is 11.4 Å². The summed E-state index contributed by atoms with van der Waals surface area (Å²) in [5.74, 6) is 0.820. The van der Waals surface area contributed by atoms with Crippen molar-refractivity contribution in [3.63, 3.8) is 0 Å². The summed E-state index contributed by atoms with van der Waals surface area (Å²) in [7, 11) is 0. The average Bonchev–Trinajstić information content (AvgIpc) is 2.71. The third-order valence-corrected chi connectivity index (χ3v) is 3.30. The molecule has 0 amide bonds. The van der Waals surface area contributed by atoms with Crippen molar-refractivity contribution in [2.75, 3.05) is 0 Å². The zero-order chi connectivity index (χ0) is 13.6. The minimum absolute atomic E-state index is 0.347. The first-order chi connectivity index (χ1) is 9.04. The molecule has 4 nitrogen and oxygen atoms in total. The lowest BCUT2D eigenvalue weighted by Gasteiger charge is -2.04. The van der Waals surface area contributed by atoms with Crippen LogP contribution in [0, 0.1) is 12.7 Å². The van der Waals surface area contributed by atoms with Gasteiger partial charge >= 0.3 is 0 Å². The van der Waals surface area contributed by atoms with Gasteiger partial charge in [0.05, 0.1) is 0 Å². The van der Waals surface area contributed by atoms with Crippen LogP contribution in [-0.2, 0) is 0 Å². The number of aromatic nitrogens is 4. The Balaban J connectivity index is 2.31. The molecule has 0 radical (unpaired) electrons. The minimum atomic E-state index is -0.347. The van der Waals surface area contributed by atoms with Crippen LogP contribution >= 0.6 is 27.5 Å². The molecule has 0 spiro atoms.